The minimum absolute atomic E-state index is 0.101. The summed E-state index contributed by atoms with van der Waals surface area (Å²) >= 11 is 0. The zero-order valence-corrected chi connectivity index (χ0v) is 16.4. The number of carbonyl (C=O) groups is 1. The number of piperidine rings is 1. The number of nitrogens with zero attached hydrogens (tertiary/aromatic N) is 1. The van der Waals surface area contributed by atoms with Gasteiger partial charge in [0.15, 0.2) is 6.10 Å². The number of carbonyl (C=O) groups excluding carboxylic acids is 1. The Kier molecular flexibility index (Phi) is 5.37. The van der Waals surface area contributed by atoms with E-state index in [4.69, 9.17) is 4.74 Å². The quantitative estimate of drug-likeness (QED) is 0.835. The Bertz CT molecular complexity index is 913. The second kappa shape index (κ2) is 7.93. The largest absolute Gasteiger partial charge is 0.480 e. The molecule has 4 rings (SSSR count). The summed E-state index contributed by atoms with van der Waals surface area (Å²) in [5, 5.41) is 2.98. The van der Waals surface area contributed by atoms with E-state index in [0.29, 0.717) is 31.0 Å². The zero-order valence-electron chi connectivity index (χ0n) is 15.6. The molecule has 0 saturated carbocycles. The Morgan fingerprint density at radius 1 is 1.04 bits per heavy atom. The minimum atomic E-state index is -3.43. The van der Waals surface area contributed by atoms with Crippen LogP contribution in [-0.2, 0) is 21.2 Å². The third-order valence-electron chi connectivity index (χ3n) is 5.46. The number of nitrogens with one attached hydrogen (secondary N) is 1. The Hall–Kier alpha value is -2.38. The summed E-state index contributed by atoms with van der Waals surface area (Å²) in [7, 11) is -3.43. The molecule has 2 aromatic carbocycles. The normalized spacial score (nSPS) is 20.4. The molecule has 28 heavy (non-hydrogen) atoms. The van der Waals surface area contributed by atoms with Gasteiger partial charge in [0, 0.05) is 26.1 Å². The molecular weight excluding hydrogens is 376 g/mol. The molecule has 2 aliphatic heterocycles. The summed E-state index contributed by atoms with van der Waals surface area (Å²) < 4.78 is 32.6. The SMILES string of the molecule is O=C(NCC1CCN(S(=O)(=O)c2ccccc2)CC1)[C@@H]1Cc2ccccc2O1. The van der Waals surface area contributed by atoms with Gasteiger partial charge < -0.3 is 10.1 Å². The molecular formula is C21H24N2O4S. The summed E-state index contributed by atoms with van der Waals surface area (Å²) in [6.07, 6.45) is 1.59. The van der Waals surface area contributed by atoms with Crippen molar-refractivity contribution in [3.63, 3.8) is 0 Å². The third kappa shape index (κ3) is 3.91. The first-order chi connectivity index (χ1) is 13.5. The van der Waals surface area contributed by atoms with Crippen molar-refractivity contribution < 1.29 is 17.9 Å². The van der Waals surface area contributed by atoms with E-state index < -0.39 is 16.1 Å². The predicted octanol–water partition coefficient (Wildman–Crippen LogP) is 2.21. The van der Waals surface area contributed by atoms with Crippen LogP contribution in [0.3, 0.4) is 0 Å². The monoisotopic (exact) mass is 400 g/mol. The van der Waals surface area contributed by atoms with Crippen LogP contribution in [0.2, 0.25) is 0 Å². The summed E-state index contributed by atoms with van der Waals surface area (Å²) in [6, 6.07) is 16.2. The fraction of sp³-hybridized carbons (Fsp3) is 0.381. The van der Waals surface area contributed by atoms with Gasteiger partial charge in [-0.15, -0.1) is 0 Å². The molecule has 0 unspecified atom stereocenters. The van der Waals surface area contributed by atoms with Crippen LogP contribution in [0.5, 0.6) is 5.75 Å². The van der Waals surface area contributed by atoms with Crippen molar-refractivity contribution in [3.05, 3.63) is 60.2 Å². The topological polar surface area (TPSA) is 75.7 Å². The van der Waals surface area contributed by atoms with Crippen LogP contribution >= 0.6 is 0 Å². The van der Waals surface area contributed by atoms with Crippen LogP contribution in [0.25, 0.3) is 0 Å². The lowest BCUT2D eigenvalue weighted by molar-refractivity contribution is -0.127. The van der Waals surface area contributed by atoms with Crippen molar-refractivity contribution >= 4 is 15.9 Å². The molecule has 1 N–H and O–H groups in total. The predicted molar refractivity (Wildman–Crippen MR) is 105 cm³/mol. The van der Waals surface area contributed by atoms with Gasteiger partial charge in [0.25, 0.3) is 5.91 Å². The first kappa shape index (κ1) is 19.0. The minimum Gasteiger partial charge on any atom is -0.480 e. The van der Waals surface area contributed by atoms with Crippen molar-refractivity contribution in [2.75, 3.05) is 19.6 Å². The van der Waals surface area contributed by atoms with Crippen molar-refractivity contribution in [1.29, 1.82) is 0 Å². The van der Waals surface area contributed by atoms with Gasteiger partial charge in [0.1, 0.15) is 5.75 Å². The molecule has 0 spiro atoms. The highest BCUT2D eigenvalue weighted by atomic mass is 32.2. The smallest absolute Gasteiger partial charge is 0.261 e. The van der Waals surface area contributed by atoms with Crippen molar-refractivity contribution in [1.82, 2.24) is 9.62 Å². The molecule has 0 aliphatic carbocycles. The van der Waals surface area contributed by atoms with E-state index in [-0.39, 0.29) is 11.8 Å². The van der Waals surface area contributed by atoms with E-state index in [1.165, 1.54) is 4.31 Å². The number of benzene rings is 2. The number of hydrogen-bond donors (Lipinski definition) is 1. The van der Waals surface area contributed by atoms with E-state index in [2.05, 4.69) is 5.32 Å². The Labute approximate surface area is 165 Å². The fourth-order valence-corrected chi connectivity index (χ4v) is 5.27. The second-order valence-electron chi connectivity index (χ2n) is 7.32. The van der Waals surface area contributed by atoms with Gasteiger partial charge in [-0.3, -0.25) is 4.79 Å². The van der Waals surface area contributed by atoms with Crippen molar-refractivity contribution in [2.45, 2.75) is 30.3 Å². The number of sulfonamides is 1. The molecule has 148 valence electrons. The van der Waals surface area contributed by atoms with E-state index >= 15 is 0 Å². The summed E-state index contributed by atoms with van der Waals surface area (Å²) in [6.45, 7) is 1.50. The maximum absolute atomic E-state index is 12.7. The van der Waals surface area contributed by atoms with Crippen LogP contribution in [0, 0.1) is 5.92 Å². The highest BCUT2D eigenvalue weighted by Crippen LogP contribution is 2.28. The summed E-state index contributed by atoms with van der Waals surface area (Å²) in [5.41, 5.74) is 1.06. The van der Waals surface area contributed by atoms with Gasteiger partial charge >= 0.3 is 0 Å². The Balaban J connectivity index is 1.26. The average molecular weight is 401 g/mol. The second-order valence-corrected chi connectivity index (χ2v) is 9.26. The lowest BCUT2D eigenvalue weighted by Crippen LogP contribution is -2.44. The molecule has 6 nitrogen and oxygen atoms in total. The molecule has 1 amide bonds. The number of hydrogen-bond acceptors (Lipinski definition) is 4. The lowest BCUT2D eigenvalue weighted by atomic mass is 9.98. The van der Waals surface area contributed by atoms with E-state index in [9.17, 15) is 13.2 Å². The van der Waals surface area contributed by atoms with Crippen LogP contribution < -0.4 is 10.1 Å². The highest BCUT2D eigenvalue weighted by Gasteiger charge is 2.31. The summed E-state index contributed by atoms with van der Waals surface area (Å²) in [5.74, 6) is 0.951. The molecule has 7 heteroatoms. The van der Waals surface area contributed by atoms with E-state index in [1.807, 2.05) is 24.3 Å². The van der Waals surface area contributed by atoms with Gasteiger partial charge in [-0.1, -0.05) is 36.4 Å². The molecule has 0 aromatic heterocycles. The van der Waals surface area contributed by atoms with E-state index in [1.54, 1.807) is 30.3 Å². The number of ether oxygens (including phenoxy) is 1. The van der Waals surface area contributed by atoms with Crippen LogP contribution in [0.1, 0.15) is 18.4 Å². The number of para-hydroxylation sites is 1. The molecule has 0 radical (unpaired) electrons. The molecule has 1 saturated heterocycles. The highest BCUT2D eigenvalue weighted by molar-refractivity contribution is 7.89. The van der Waals surface area contributed by atoms with Gasteiger partial charge in [-0.25, -0.2) is 8.42 Å². The van der Waals surface area contributed by atoms with Gasteiger partial charge in [-0.05, 0) is 42.5 Å². The molecule has 2 heterocycles. The Morgan fingerprint density at radius 3 is 2.43 bits per heavy atom. The van der Waals surface area contributed by atoms with Crippen LogP contribution in [0.15, 0.2) is 59.5 Å². The first-order valence-electron chi connectivity index (χ1n) is 9.61. The third-order valence-corrected chi connectivity index (χ3v) is 7.37. The van der Waals surface area contributed by atoms with Crippen LogP contribution in [-0.4, -0.2) is 44.4 Å². The van der Waals surface area contributed by atoms with Crippen molar-refractivity contribution in [2.24, 2.45) is 5.92 Å². The standard InChI is InChI=1S/C21H24N2O4S/c24-21(20-14-17-6-4-5-9-19(17)27-20)22-15-16-10-12-23(13-11-16)28(25,26)18-7-2-1-3-8-18/h1-9,16,20H,10-15H2,(H,22,24)/t20-/m0/s1. The van der Waals surface area contributed by atoms with Crippen LogP contribution in [0.4, 0.5) is 0 Å². The number of amides is 1. The van der Waals surface area contributed by atoms with Gasteiger partial charge in [0.05, 0.1) is 4.90 Å². The van der Waals surface area contributed by atoms with Gasteiger partial charge in [0.2, 0.25) is 10.0 Å². The maximum Gasteiger partial charge on any atom is 0.261 e. The van der Waals surface area contributed by atoms with Gasteiger partial charge in [-0.2, -0.15) is 4.31 Å². The number of fused-ring (bicyclic) bond motifs is 1. The molecule has 2 aliphatic rings. The zero-order chi connectivity index (χ0) is 19.6. The molecule has 1 atom stereocenters. The maximum atomic E-state index is 12.7. The number of rotatable bonds is 5. The lowest BCUT2D eigenvalue weighted by Gasteiger charge is -2.31. The first-order valence-corrected chi connectivity index (χ1v) is 11.1. The molecule has 1 fully saturated rings. The average Bonchev–Trinajstić information content (AvgIpc) is 3.17. The summed E-state index contributed by atoms with van der Waals surface area (Å²) in [4.78, 5) is 12.8. The fourth-order valence-electron chi connectivity index (χ4n) is 3.78. The van der Waals surface area contributed by atoms with E-state index in [0.717, 1.165) is 24.2 Å². The van der Waals surface area contributed by atoms with Crippen molar-refractivity contribution in [3.8, 4) is 5.75 Å². The molecule has 0 bridgehead atoms. The molecule has 2 aromatic rings. The Morgan fingerprint density at radius 2 is 1.71 bits per heavy atom.